The van der Waals surface area contributed by atoms with Gasteiger partial charge in [0.05, 0.1) is 6.10 Å². The summed E-state index contributed by atoms with van der Waals surface area (Å²) in [5, 5.41) is 9.64. The largest absolute Gasteiger partial charge is 0.573 e. The normalized spacial score (nSPS) is 12.9. The molecule has 1 aromatic rings. The summed E-state index contributed by atoms with van der Waals surface area (Å²) < 4.78 is 39.6. The Balaban J connectivity index is 2.75. The molecule has 0 aliphatic rings. The van der Waals surface area contributed by atoms with Crippen molar-refractivity contribution in [2.24, 2.45) is 0 Å². The number of aliphatic hydroxyl groups excluding tert-OH is 1. The third-order valence-corrected chi connectivity index (χ3v) is 2.04. The summed E-state index contributed by atoms with van der Waals surface area (Å²) in [6.45, 7) is 0. The van der Waals surface area contributed by atoms with Crippen LogP contribution < -0.4 is 4.74 Å². The van der Waals surface area contributed by atoms with Crippen molar-refractivity contribution in [2.45, 2.75) is 25.3 Å². The number of ether oxygens (including phenoxy) is 1. The second-order valence-electron chi connectivity index (χ2n) is 3.38. The molecule has 1 rings (SSSR count). The molecule has 0 fully saturated rings. The second-order valence-corrected chi connectivity index (χ2v) is 3.38. The molecule has 5 heteroatoms. The lowest BCUT2D eigenvalue weighted by atomic mass is 10.1. The quantitative estimate of drug-likeness (QED) is 0.825. The summed E-state index contributed by atoms with van der Waals surface area (Å²) in [6, 6.07) is 5.22. The Bertz CT molecular complexity index is 407. The van der Waals surface area contributed by atoms with E-state index < -0.39 is 12.5 Å². The summed E-state index contributed by atoms with van der Waals surface area (Å²) in [6.07, 6.45) is 0.0638. The fourth-order valence-corrected chi connectivity index (χ4v) is 1.31. The summed E-state index contributed by atoms with van der Waals surface area (Å²) in [7, 11) is 0. The van der Waals surface area contributed by atoms with Gasteiger partial charge in [0.25, 0.3) is 0 Å². The Morgan fingerprint density at radius 1 is 1.41 bits per heavy atom. The topological polar surface area (TPSA) is 29.5 Å². The SMILES string of the molecule is C#CCCC(O)c1cccc(OC(F)(F)F)c1. The number of aliphatic hydroxyl groups is 1. The number of benzene rings is 1. The van der Waals surface area contributed by atoms with Gasteiger partial charge in [-0.2, -0.15) is 0 Å². The molecule has 0 aliphatic heterocycles. The minimum absolute atomic E-state index is 0.298. The molecule has 0 spiro atoms. The minimum Gasteiger partial charge on any atom is -0.406 e. The number of hydrogen-bond donors (Lipinski definition) is 1. The van der Waals surface area contributed by atoms with E-state index in [9.17, 15) is 18.3 Å². The first-order valence-corrected chi connectivity index (χ1v) is 4.89. The number of terminal acetylenes is 1. The van der Waals surface area contributed by atoms with Crippen LogP contribution in [0.4, 0.5) is 13.2 Å². The Morgan fingerprint density at radius 3 is 2.71 bits per heavy atom. The Morgan fingerprint density at radius 2 is 2.12 bits per heavy atom. The fourth-order valence-electron chi connectivity index (χ4n) is 1.31. The average Bonchev–Trinajstić information content (AvgIpc) is 2.24. The van der Waals surface area contributed by atoms with Gasteiger partial charge >= 0.3 is 6.36 Å². The molecule has 0 bridgehead atoms. The maximum absolute atomic E-state index is 12.0. The molecule has 1 atom stereocenters. The summed E-state index contributed by atoms with van der Waals surface area (Å²) in [5.74, 6) is 2.00. The predicted octanol–water partition coefficient (Wildman–Crippen LogP) is 3.03. The van der Waals surface area contributed by atoms with Crippen LogP contribution >= 0.6 is 0 Å². The van der Waals surface area contributed by atoms with Gasteiger partial charge in [-0.25, -0.2) is 0 Å². The molecular formula is C12H11F3O2. The highest BCUT2D eigenvalue weighted by atomic mass is 19.4. The van der Waals surface area contributed by atoms with E-state index in [4.69, 9.17) is 6.42 Å². The van der Waals surface area contributed by atoms with E-state index in [1.165, 1.54) is 18.2 Å². The van der Waals surface area contributed by atoms with E-state index in [-0.39, 0.29) is 5.75 Å². The molecule has 0 saturated carbocycles. The zero-order valence-corrected chi connectivity index (χ0v) is 8.87. The number of alkyl halides is 3. The van der Waals surface area contributed by atoms with Crippen LogP contribution in [0.5, 0.6) is 5.75 Å². The molecule has 0 heterocycles. The van der Waals surface area contributed by atoms with Gasteiger partial charge in [0.2, 0.25) is 0 Å². The lowest BCUT2D eigenvalue weighted by molar-refractivity contribution is -0.274. The molecule has 0 radical (unpaired) electrons. The van der Waals surface area contributed by atoms with Gasteiger partial charge in [0.15, 0.2) is 0 Å². The lowest BCUT2D eigenvalue weighted by Gasteiger charge is -2.12. The van der Waals surface area contributed by atoms with Gasteiger partial charge in [0, 0.05) is 6.42 Å². The van der Waals surface area contributed by atoms with Gasteiger partial charge in [-0.05, 0) is 24.1 Å². The van der Waals surface area contributed by atoms with Crippen molar-refractivity contribution >= 4 is 0 Å². The maximum atomic E-state index is 12.0. The highest BCUT2D eigenvalue weighted by molar-refractivity contribution is 5.30. The van der Waals surface area contributed by atoms with Crippen molar-refractivity contribution in [2.75, 3.05) is 0 Å². The van der Waals surface area contributed by atoms with Crippen LogP contribution in [-0.2, 0) is 0 Å². The zero-order chi connectivity index (χ0) is 12.9. The molecule has 0 aliphatic carbocycles. The van der Waals surface area contributed by atoms with Gasteiger partial charge in [0.1, 0.15) is 5.75 Å². The van der Waals surface area contributed by atoms with E-state index in [1.54, 1.807) is 0 Å². The Kier molecular flexibility index (Phi) is 4.41. The van der Waals surface area contributed by atoms with E-state index in [0.717, 1.165) is 6.07 Å². The molecule has 1 aromatic carbocycles. The van der Waals surface area contributed by atoms with Crippen LogP contribution in [0.1, 0.15) is 24.5 Å². The molecule has 17 heavy (non-hydrogen) atoms. The monoisotopic (exact) mass is 244 g/mol. The standard InChI is InChI=1S/C12H11F3O2/c1-2-3-7-11(16)9-5-4-6-10(8-9)17-12(13,14)15/h1,4-6,8,11,16H,3,7H2. The summed E-state index contributed by atoms with van der Waals surface area (Å²) >= 11 is 0. The van der Waals surface area contributed by atoms with Crippen molar-refractivity contribution in [1.29, 1.82) is 0 Å². The van der Waals surface area contributed by atoms with Gasteiger partial charge in [-0.3, -0.25) is 0 Å². The first kappa shape index (κ1) is 13.4. The molecule has 0 saturated heterocycles. The van der Waals surface area contributed by atoms with Crippen LogP contribution in [0.15, 0.2) is 24.3 Å². The van der Waals surface area contributed by atoms with Crippen molar-refractivity contribution in [1.82, 2.24) is 0 Å². The third-order valence-electron chi connectivity index (χ3n) is 2.04. The molecule has 2 nitrogen and oxygen atoms in total. The third kappa shape index (κ3) is 4.79. The zero-order valence-electron chi connectivity index (χ0n) is 8.87. The molecule has 92 valence electrons. The van der Waals surface area contributed by atoms with Gasteiger partial charge in [-0.15, -0.1) is 25.5 Å². The van der Waals surface area contributed by atoms with Gasteiger partial charge < -0.3 is 9.84 Å². The van der Waals surface area contributed by atoms with Crippen LogP contribution in [-0.4, -0.2) is 11.5 Å². The molecular weight excluding hydrogens is 233 g/mol. The Hall–Kier alpha value is -1.67. The average molecular weight is 244 g/mol. The lowest BCUT2D eigenvalue weighted by Crippen LogP contribution is -2.17. The van der Waals surface area contributed by atoms with E-state index in [1.807, 2.05) is 0 Å². The highest BCUT2D eigenvalue weighted by Gasteiger charge is 2.31. The van der Waals surface area contributed by atoms with E-state index in [2.05, 4.69) is 10.7 Å². The van der Waals surface area contributed by atoms with Crippen LogP contribution in [0.25, 0.3) is 0 Å². The van der Waals surface area contributed by atoms with Crippen LogP contribution in [0.3, 0.4) is 0 Å². The molecule has 1 N–H and O–H groups in total. The molecule has 0 aromatic heterocycles. The van der Waals surface area contributed by atoms with E-state index >= 15 is 0 Å². The highest BCUT2D eigenvalue weighted by Crippen LogP contribution is 2.26. The number of rotatable bonds is 4. The summed E-state index contributed by atoms with van der Waals surface area (Å²) in [5.41, 5.74) is 0.349. The van der Waals surface area contributed by atoms with Crippen molar-refractivity contribution < 1.29 is 23.0 Å². The van der Waals surface area contributed by atoms with Crippen LogP contribution in [0, 0.1) is 12.3 Å². The first-order valence-electron chi connectivity index (χ1n) is 4.89. The number of halogens is 3. The minimum atomic E-state index is -4.73. The van der Waals surface area contributed by atoms with Crippen molar-refractivity contribution in [3.8, 4) is 18.1 Å². The van der Waals surface area contributed by atoms with Crippen molar-refractivity contribution in [3.05, 3.63) is 29.8 Å². The first-order chi connectivity index (χ1) is 7.92. The van der Waals surface area contributed by atoms with E-state index in [0.29, 0.717) is 18.4 Å². The van der Waals surface area contributed by atoms with Crippen LogP contribution in [0.2, 0.25) is 0 Å². The summed E-state index contributed by atoms with van der Waals surface area (Å²) in [4.78, 5) is 0. The smallest absolute Gasteiger partial charge is 0.406 e. The Labute approximate surface area is 97.0 Å². The van der Waals surface area contributed by atoms with Gasteiger partial charge in [-0.1, -0.05) is 12.1 Å². The van der Waals surface area contributed by atoms with Crippen molar-refractivity contribution in [3.63, 3.8) is 0 Å². The predicted molar refractivity (Wildman–Crippen MR) is 56.2 cm³/mol. The number of hydrogen-bond acceptors (Lipinski definition) is 2. The maximum Gasteiger partial charge on any atom is 0.573 e. The molecule has 1 unspecified atom stereocenters. The fraction of sp³-hybridized carbons (Fsp3) is 0.333. The molecule has 0 amide bonds. The second kappa shape index (κ2) is 5.60.